The van der Waals surface area contributed by atoms with Gasteiger partial charge in [-0.05, 0) is 48.2 Å². The van der Waals surface area contributed by atoms with Gasteiger partial charge in [-0.1, -0.05) is 84.6 Å². The lowest BCUT2D eigenvalue weighted by molar-refractivity contribution is -0.121. The van der Waals surface area contributed by atoms with Gasteiger partial charge in [0, 0.05) is 43.4 Å². The number of benzene rings is 3. The molecule has 1 N–H and O–H groups in total. The summed E-state index contributed by atoms with van der Waals surface area (Å²) in [7, 11) is 0. The quantitative estimate of drug-likeness (QED) is 0.399. The van der Waals surface area contributed by atoms with Crippen LogP contribution < -0.4 is 10.2 Å². The molecule has 182 valence electrons. The van der Waals surface area contributed by atoms with Crippen LogP contribution in [-0.4, -0.2) is 37.0 Å². The van der Waals surface area contributed by atoms with Crippen LogP contribution in [0.3, 0.4) is 0 Å². The molecule has 0 aromatic heterocycles. The molecule has 35 heavy (non-hydrogen) atoms. The molecule has 0 atom stereocenters. The number of amides is 1. The molecular formula is C29H31Cl2N3O. The van der Waals surface area contributed by atoms with Crippen LogP contribution in [0.1, 0.15) is 36.8 Å². The molecule has 0 radical (unpaired) electrons. The molecule has 1 saturated heterocycles. The van der Waals surface area contributed by atoms with E-state index in [1.807, 2.05) is 54.6 Å². The van der Waals surface area contributed by atoms with E-state index >= 15 is 0 Å². The number of piperazine rings is 1. The van der Waals surface area contributed by atoms with Crippen molar-refractivity contribution in [2.45, 2.75) is 37.6 Å². The number of rotatable bonds is 6. The Morgan fingerprint density at radius 1 is 0.829 bits per heavy atom. The number of nitrogens with one attached hydrogen (secondary N) is 1. The third-order valence-electron chi connectivity index (χ3n) is 7.49. The lowest BCUT2D eigenvalue weighted by Gasteiger charge is -2.36. The fourth-order valence-corrected chi connectivity index (χ4v) is 5.98. The van der Waals surface area contributed by atoms with Crippen LogP contribution in [0, 0.1) is 0 Å². The molecule has 6 heteroatoms. The Morgan fingerprint density at radius 2 is 1.51 bits per heavy atom. The van der Waals surface area contributed by atoms with Crippen molar-refractivity contribution in [1.82, 2.24) is 4.90 Å². The SMILES string of the molecule is O=C(Nc1ccc(N2CCN(Cc3ccccc3Cl)CC2)c(Cl)c1)C1(c2ccccc2)CCCC1. The second-order valence-electron chi connectivity index (χ2n) is 9.63. The van der Waals surface area contributed by atoms with Crippen LogP contribution in [0.4, 0.5) is 11.4 Å². The van der Waals surface area contributed by atoms with E-state index in [0.29, 0.717) is 5.02 Å². The minimum Gasteiger partial charge on any atom is -0.368 e. The first kappa shape index (κ1) is 24.2. The van der Waals surface area contributed by atoms with E-state index in [2.05, 4.69) is 33.3 Å². The van der Waals surface area contributed by atoms with E-state index in [9.17, 15) is 4.79 Å². The highest BCUT2D eigenvalue weighted by Crippen LogP contribution is 2.42. The van der Waals surface area contributed by atoms with Crippen molar-refractivity contribution in [3.8, 4) is 0 Å². The highest BCUT2D eigenvalue weighted by atomic mass is 35.5. The standard InChI is InChI=1S/C29H31Cl2N3O/c30-25-11-5-4-8-22(25)21-33-16-18-34(19-17-33)27-13-12-24(20-26(27)31)32-28(35)29(14-6-7-15-29)23-9-2-1-3-10-23/h1-5,8-13,20H,6-7,14-19,21H2,(H,32,35). The average molecular weight is 508 g/mol. The van der Waals surface area contributed by atoms with Gasteiger partial charge in [0.25, 0.3) is 0 Å². The smallest absolute Gasteiger partial charge is 0.235 e. The maximum absolute atomic E-state index is 13.5. The van der Waals surface area contributed by atoms with Gasteiger partial charge in [-0.3, -0.25) is 9.69 Å². The summed E-state index contributed by atoms with van der Waals surface area (Å²) in [5.41, 5.74) is 3.58. The molecule has 4 nitrogen and oxygen atoms in total. The Balaban J connectivity index is 1.23. The van der Waals surface area contributed by atoms with Gasteiger partial charge in [0.1, 0.15) is 0 Å². The fourth-order valence-electron chi connectivity index (χ4n) is 5.49. The first-order valence-electron chi connectivity index (χ1n) is 12.4. The summed E-state index contributed by atoms with van der Waals surface area (Å²) in [4.78, 5) is 18.2. The summed E-state index contributed by atoms with van der Waals surface area (Å²) in [6.07, 6.45) is 3.91. The zero-order valence-corrected chi connectivity index (χ0v) is 21.4. The van der Waals surface area contributed by atoms with E-state index in [0.717, 1.165) is 85.9 Å². The van der Waals surface area contributed by atoms with Crippen molar-refractivity contribution in [3.63, 3.8) is 0 Å². The third-order valence-corrected chi connectivity index (χ3v) is 8.16. The van der Waals surface area contributed by atoms with Crippen LogP contribution in [0.15, 0.2) is 72.8 Å². The topological polar surface area (TPSA) is 35.6 Å². The van der Waals surface area contributed by atoms with Gasteiger partial charge < -0.3 is 10.2 Å². The second kappa shape index (κ2) is 10.6. The molecule has 1 aliphatic heterocycles. The Hall–Kier alpha value is -2.53. The van der Waals surface area contributed by atoms with Crippen molar-refractivity contribution in [2.24, 2.45) is 0 Å². The number of nitrogens with zero attached hydrogens (tertiary/aromatic N) is 2. The molecular weight excluding hydrogens is 477 g/mol. The number of halogens is 2. The molecule has 2 fully saturated rings. The number of carbonyl (C=O) groups is 1. The van der Waals surface area contributed by atoms with Crippen molar-refractivity contribution >= 4 is 40.5 Å². The van der Waals surface area contributed by atoms with Crippen LogP contribution >= 0.6 is 23.2 Å². The first-order chi connectivity index (χ1) is 17.0. The Morgan fingerprint density at radius 3 is 2.20 bits per heavy atom. The van der Waals surface area contributed by atoms with Crippen molar-refractivity contribution in [3.05, 3.63) is 94.0 Å². The summed E-state index contributed by atoms with van der Waals surface area (Å²) >= 11 is 13.1. The number of hydrogen-bond donors (Lipinski definition) is 1. The molecule has 2 aliphatic rings. The molecule has 0 bridgehead atoms. The largest absolute Gasteiger partial charge is 0.368 e. The Labute approximate surface area is 217 Å². The highest BCUT2D eigenvalue weighted by molar-refractivity contribution is 6.33. The van der Waals surface area contributed by atoms with Crippen molar-refractivity contribution in [2.75, 3.05) is 36.4 Å². The van der Waals surface area contributed by atoms with E-state index in [-0.39, 0.29) is 5.91 Å². The minimum absolute atomic E-state index is 0.0678. The molecule has 5 rings (SSSR count). The number of anilines is 2. The molecule has 1 saturated carbocycles. The van der Waals surface area contributed by atoms with Crippen LogP contribution in [0.25, 0.3) is 0 Å². The Kier molecular flexibility index (Phi) is 7.33. The summed E-state index contributed by atoms with van der Waals surface area (Å²) in [5, 5.41) is 4.66. The molecule has 3 aromatic rings. The predicted octanol–water partition coefficient (Wildman–Crippen LogP) is 6.77. The van der Waals surface area contributed by atoms with Crippen LogP contribution in [0.2, 0.25) is 10.0 Å². The van der Waals surface area contributed by atoms with E-state index < -0.39 is 5.41 Å². The predicted molar refractivity (Wildman–Crippen MR) is 146 cm³/mol. The maximum atomic E-state index is 13.5. The fraction of sp³-hybridized carbons (Fsp3) is 0.345. The van der Waals surface area contributed by atoms with Gasteiger partial charge >= 0.3 is 0 Å². The highest BCUT2D eigenvalue weighted by Gasteiger charge is 2.42. The molecule has 0 spiro atoms. The summed E-state index contributed by atoms with van der Waals surface area (Å²) in [5.74, 6) is 0.0678. The van der Waals surface area contributed by atoms with Gasteiger partial charge in [0.05, 0.1) is 16.1 Å². The van der Waals surface area contributed by atoms with Crippen LogP contribution in [-0.2, 0) is 16.8 Å². The zero-order valence-electron chi connectivity index (χ0n) is 19.9. The van der Waals surface area contributed by atoms with E-state index in [1.165, 1.54) is 0 Å². The summed E-state index contributed by atoms with van der Waals surface area (Å²) < 4.78 is 0. The summed E-state index contributed by atoms with van der Waals surface area (Å²) in [6.45, 7) is 4.54. The summed E-state index contributed by atoms with van der Waals surface area (Å²) in [6, 6.07) is 24.1. The average Bonchev–Trinajstić information content (AvgIpc) is 3.38. The maximum Gasteiger partial charge on any atom is 0.235 e. The lowest BCUT2D eigenvalue weighted by atomic mass is 9.78. The molecule has 1 heterocycles. The third kappa shape index (κ3) is 5.20. The Bertz CT molecular complexity index is 1170. The first-order valence-corrected chi connectivity index (χ1v) is 13.2. The van der Waals surface area contributed by atoms with Gasteiger partial charge in [0.2, 0.25) is 5.91 Å². The molecule has 0 unspecified atom stereocenters. The molecule has 1 amide bonds. The van der Waals surface area contributed by atoms with Gasteiger partial charge in [0.15, 0.2) is 0 Å². The van der Waals surface area contributed by atoms with Gasteiger partial charge in [-0.15, -0.1) is 0 Å². The van der Waals surface area contributed by atoms with Gasteiger partial charge in [-0.25, -0.2) is 0 Å². The van der Waals surface area contributed by atoms with Crippen LogP contribution in [0.5, 0.6) is 0 Å². The van der Waals surface area contributed by atoms with E-state index in [4.69, 9.17) is 23.2 Å². The molecule has 1 aliphatic carbocycles. The normalized spacial score (nSPS) is 17.9. The number of hydrogen-bond acceptors (Lipinski definition) is 3. The second-order valence-corrected chi connectivity index (χ2v) is 10.4. The van der Waals surface area contributed by atoms with Crippen molar-refractivity contribution in [1.29, 1.82) is 0 Å². The monoisotopic (exact) mass is 507 g/mol. The minimum atomic E-state index is -0.454. The molecule has 3 aromatic carbocycles. The van der Waals surface area contributed by atoms with Gasteiger partial charge in [-0.2, -0.15) is 0 Å². The lowest BCUT2D eigenvalue weighted by Crippen LogP contribution is -2.46. The number of carbonyl (C=O) groups excluding carboxylic acids is 1. The zero-order chi connectivity index (χ0) is 24.3. The van der Waals surface area contributed by atoms with Crippen molar-refractivity contribution < 1.29 is 4.79 Å². The van der Waals surface area contributed by atoms with E-state index in [1.54, 1.807) is 0 Å².